The van der Waals surface area contributed by atoms with Gasteiger partial charge in [0.15, 0.2) is 0 Å². The lowest BCUT2D eigenvalue weighted by atomic mass is 10.2. The van der Waals surface area contributed by atoms with Gasteiger partial charge in [-0.25, -0.2) is 4.39 Å². The van der Waals surface area contributed by atoms with Gasteiger partial charge in [-0.1, -0.05) is 11.6 Å². The van der Waals surface area contributed by atoms with Gasteiger partial charge >= 0.3 is 0 Å². The van der Waals surface area contributed by atoms with Crippen molar-refractivity contribution in [2.75, 3.05) is 5.32 Å². The number of halogens is 3. The summed E-state index contributed by atoms with van der Waals surface area (Å²) >= 11 is 13.1. The molecule has 0 bridgehead atoms. The smallest absolute Gasteiger partial charge is 0.255 e. The SMILES string of the molecule is O=C(Nc1cc(Cl)ccc1Br)c1ccc(F)c(S)c1. The van der Waals surface area contributed by atoms with Crippen molar-refractivity contribution in [3.05, 3.63) is 57.3 Å². The highest BCUT2D eigenvalue weighted by molar-refractivity contribution is 9.10. The van der Waals surface area contributed by atoms with E-state index in [0.717, 1.165) is 0 Å². The zero-order valence-electron chi connectivity index (χ0n) is 9.45. The molecule has 0 heterocycles. The van der Waals surface area contributed by atoms with Crippen molar-refractivity contribution in [2.45, 2.75) is 4.90 Å². The van der Waals surface area contributed by atoms with Crippen molar-refractivity contribution in [1.82, 2.24) is 0 Å². The molecule has 2 rings (SSSR count). The number of amides is 1. The maximum Gasteiger partial charge on any atom is 0.255 e. The fourth-order valence-electron chi connectivity index (χ4n) is 1.44. The highest BCUT2D eigenvalue weighted by Gasteiger charge is 2.10. The lowest BCUT2D eigenvalue weighted by Gasteiger charge is -2.08. The van der Waals surface area contributed by atoms with Gasteiger partial charge in [0, 0.05) is 20.0 Å². The zero-order chi connectivity index (χ0) is 14.0. The molecule has 1 N–H and O–H groups in total. The Kier molecular flexibility index (Phi) is 4.50. The number of anilines is 1. The minimum Gasteiger partial charge on any atom is -0.321 e. The van der Waals surface area contributed by atoms with Crippen LogP contribution in [0.3, 0.4) is 0 Å². The number of carbonyl (C=O) groups is 1. The Balaban J connectivity index is 2.25. The van der Waals surface area contributed by atoms with E-state index in [-0.39, 0.29) is 10.8 Å². The standard InChI is InChI=1S/C13H8BrClFNOS/c14-9-3-2-8(15)6-11(9)17-13(18)7-1-4-10(16)12(19)5-7/h1-6,19H,(H,17,18). The summed E-state index contributed by atoms with van der Waals surface area (Å²) in [6.07, 6.45) is 0. The largest absolute Gasteiger partial charge is 0.321 e. The first-order valence-electron chi connectivity index (χ1n) is 5.22. The lowest BCUT2D eigenvalue weighted by Crippen LogP contribution is -2.12. The Morgan fingerprint density at radius 2 is 2.00 bits per heavy atom. The Hall–Kier alpha value is -1.04. The van der Waals surface area contributed by atoms with Crippen molar-refractivity contribution in [3.8, 4) is 0 Å². The monoisotopic (exact) mass is 359 g/mol. The van der Waals surface area contributed by atoms with Crippen molar-refractivity contribution in [2.24, 2.45) is 0 Å². The van der Waals surface area contributed by atoms with Crippen LogP contribution in [-0.2, 0) is 0 Å². The van der Waals surface area contributed by atoms with Crippen LogP contribution in [0, 0.1) is 5.82 Å². The number of rotatable bonds is 2. The number of nitrogens with one attached hydrogen (secondary N) is 1. The first-order valence-corrected chi connectivity index (χ1v) is 6.84. The normalized spacial score (nSPS) is 10.3. The van der Waals surface area contributed by atoms with Crippen LogP contribution in [0.5, 0.6) is 0 Å². The first kappa shape index (κ1) is 14.4. The van der Waals surface area contributed by atoms with Gasteiger partial charge in [-0.05, 0) is 52.3 Å². The molecule has 2 nitrogen and oxygen atoms in total. The fourth-order valence-corrected chi connectivity index (χ4v) is 2.17. The average molecular weight is 361 g/mol. The third-order valence-corrected chi connectivity index (χ3v) is 3.65. The first-order chi connectivity index (χ1) is 8.97. The summed E-state index contributed by atoms with van der Waals surface area (Å²) in [6, 6.07) is 9.01. The zero-order valence-corrected chi connectivity index (χ0v) is 12.7. The summed E-state index contributed by atoms with van der Waals surface area (Å²) in [7, 11) is 0. The van der Waals surface area contributed by atoms with E-state index >= 15 is 0 Å². The van der Waals surface area contributed by atoms with E-state index in [0.29, 0.717) is 20.7 Å². The topological polar surface area (TPSA) is 29.1 Å². The van der Waals surface area contributed by atoms with Crippen LogP contribution in [0.15, 0.2) is 45.8 Å². The summed E-state index contributed by atoms with van der Waals surface area (Å²) in [5, 5.41) is 3.19. The number of benzene rings is 2. The summed E-state index contributed by atoms with van der Waals surface area (Å²) in [6.45, 7) is 0. The summed E-state index contributed by atoms with van der Waals surface area (Å²) < 4.78 is 13.8. The molecule has 19 heavy (non-hydrogen) atoms. The minimum absolute atomic E-state index is 0.123. The predicted molar refractivity (Wildman–Crippen MR) is 80.8 cm³/mol. The van der Waals surface area contributed by atoms with E-state index in [1.807, 2.05) is 0 Å². The molecule has 1 amide bonds. The second kappa shape index (κ2) is 5.94. The lowest BCUT2D eigenvalue weighted by molar-refractivity contribution is 0.102. The van der Waals surface area contributed by atoms with E-state index in [1.165, 1.54) is 18.2 Å². The third kappa shape index (κ3) is 3.49. The molecule has 0 aliphatic rings. The van der Waals surface area contributed by atoms with E-state index in [4.69, 9.17) is 11.6 Å². The summed E-state index contributed by atoms with van der Waals surface area (Å²) in [5.74, 6) is -0.831. The molecule has 0 unspecified atom stereocenters. The maximum absolute atomic E-state index is 13.1. The van der Waals surface area contributed by atoms with Crippen LogP contribution in [0.4, 0.5) is 10.1 Å². The molecule has 0 aromatic heterocycles. The second-order valence-corrected chi connectivity index (χ2v) is 5.52. The molecule has 0 fully saturated rings. The second-order valence-electron chi connectivity index (χ2n) is 3.74. The summed E-state index contributed by atoms with van der Waals surface area (Å²) in [5.41, 5.74) is 0.862. The van der Waals surface area contributed by atoms with E-state index in [1.54, 1.807) is 18.2 Å². The Labute approximate surface area is 128 Å². The van der Waals surface area contributed by atoms with Gasteiger partial charge in [-0.2, -0.15) is 0 Å². The number of hydrogen-bond acceptors (Lipinski definition) is 2. The summed E-state index contributed by atoms with van der Waals surface area (Å²) in [4.78, 5) is 12.1. The molecule has 2 aromatic carbocycles. The molecule has 0 atom stereocenters. The van der Waals surface area contributed by atoms with Gasteiger partial charge in [-0.15, -0.1) is 12.6 Å². The minimum atomic E-state index is -0.469. The fraction of sp³-hybridized carbons (Fsp3) is 0. The molecular formula is C13H8BrClFNOS. The molecule has 98 valence electrons. The van der Waals surface area contributed by atoms with Gasteiger partial charge in [0.1, 0.15) is 5.82 Å². The van der Waals surface area contributed by atoms with Crippen LogP contribution in [0.1, 0.15) is 10.4 Å². The Bertz CT molecular complexity index is 651. The quantitative estimate of drug-likeness (QED) is 0.741. The Morgan fingerprint density at radius 3 is 2.68 bits per heavy atom. The van der Waals surface area contributed by atoms with Crippen LogP contribution in [0.2, 0.25) is 5.02 Å². The van der Waals surface area contributed by atoms with Crippen LogP contribution in [-0.4, -0.2) is 5.91 Å². The highest BCUT2D eigenvalue weighted by atomic mass is 79.9. The number of carbonyl (C=O) groups excluding carboxylic acids is 1. The molecule has 6 heteroatoms. The Morgan fingerprint density at radius 1 is 1.26 bits per heavy atom. The van der Waals surface area contributed by atoms with Gasteiger partial charge < -0.3 is 5.32 Å². The molecule has 0 aliphatic carbocycles. The van der Waals surface area contributed by atoms with Crippen LogP contribution in [0.25, 0.3) is 0 Å². The molecule has 0 radical (unpaired) electrons. The van der Waals surface area contributed by atoms with Crippen molar-refractivity contribution >= 4 is 51.8 Å². The molecule has 0 spiro atoms. The molecular weight excluding hydrogens is 353 g/mol. The molecule has 2 aromatic rings. The van der Waals surface area contributed by atoms with Crippen molar-refractivity contribution < 1.29 is 9.18 Å². The maximum atomic E-state index is 13.1. The van der Waals surface area contributed by atoms with E-state index in [9.17, 15) is 9.18 Å². The van der Waals surface area contributed by atoms with Gasteiger partial charge in [0.25, 0.3) is 5.91 Å². The average Bonchev–Trinajstić information content (AvgIpc) is 2.37. The van der Waals surface area contributed by atoms with Crippen LogP contribution >= 0.6 is 40.2 Å². The van der Waals surface area contributed by atoms with Crippen molar-refractivity contribution in [1.29, 1.82) is 0 Å². The molecule has 0 saturated heterocycles. The van der Waals surface area contributed by atoms with Gasteiger partial charge in [-0.3, -0.25) is 4.79 Å². The van der Waals surface area contributed by atoms with Gasteiger partial charge in [0.2, 0.25) is 0 Å². The molecule has 0 saturated carbocycles. The number of thiol groups is 1. The van der Waals surface area contributed by atoms with Crippen molar-refractivity contribution in [3.63, 3.8) is 0 Å². The van der Waals surface area contributed by atoms with Gasteiger partial charge in [0.05, 0.1) is 5.69 Å². The number of hydrogen-bond donors (Lipinski definition) is 2. The third-order valence-electron chi connectivity index (χ3n) is 2.38. The highest BCUT2D eigenvalue weighted by Crippen LogP contribution is 2.26. The van der Waals surface area contributed by atoms with E-state index < -0.39 is 5.82 Å². The predicted octanol–water partition coefficient (Wildman–Crippen LogP) is 4.78. The van der Waals surface area contributed by atoms with Crippen LogP contribution < -0.4 is 5.32 Å². The van der Waals surface area contributed by atoms with E-state index in [2.05, 4.69) is 33.9 Å². The molecule has 0 aliphatic heterocycles.